The van der Waals surface area contributed by atoms with Gasteiger partial charge in [-0.2, -0.15) is 8.78 Å². The van der Waals surface area contributed by atoms with Crippen LogP contribution >= 0.6 is 0 Å². The summed E-state index contributed by atoms with van der Waals surface area (Å²) in [4.78, 5) is 4.03. The van der Waals surface area contributed by atoms with E-state index in [0.717, 1.165) is 5.76 Å². The average molecular weight is 339 g/mol. The molecule has 0 radical (unpaired) electrons. The lowest BCUT2D eigenvalue weighted by atomic mass is 10.1. The molecule has 0 aliphatic carbocycles. The number of ether oxygens (including phenoxy) is 1. The highest BCUT2D eigenvalue weighted by molar-refractivity contribution is 5.79. The van der Waals surface area contributed by atoms with Crippen molar-refractivity contribution in [2.75, 3.05) is 13.6 Å². The third kappa shape index (κ3) is 5.54. The SMILES string of the molecule is CN=C(NCc1ccco1)NCC(O)c1cccc(OC(F)F)c1. The molecule has 1 unspecified atom stereocenters. The molecular formula is C16H19F2N3O3. The van der Waals surface area contributed by atoms with E-state index < -0.39 is 12.7 Å². The fourth-order valence-electron chi connectivity index (χ4n) is 2.01. The predicted octanol–water partition coefficient (Wildman–Crippen LogP) is 2.28. The first-order valence-electron chi connectivity index (χ1n) is 7.28. The van der Waals surface area contributed by atoms with Gasteiger partial charge in [-0.25, -0.2) is 0 Å². The van der Waals surface area contributed by atoms with Gasteiger partial charge in [0.05, 0.1) is 18.9 Å². The highest BCUT2D eigenvalue weighted by Crippen LogP contribution is 2.20. The Morgan fingerprint density at radius 1 is 1.29 bits per heavy atom. The van der Waals surface area contributed by atoms with Crippen LogP contribution in [-0.4, -0.2) is 31.3 Å². The number of alkyl halides is 2. The fourth-order valence-corrected chi connectivity index (χ4v) is 2.01. The summed E-state index contributed by atoms with van der Waals surface area (Å²) < 4.78 is 34.0. The fraction of sp³-hybridized carbons (Fsp3) is 0.312. The second kappa shape index (κ2) is 8.88. The number of hydrogen-bond donors (Lipinski definition) is 3. The third-order valence-corrected chi connectivity index (χ3v) is 3.16. The summed E-state index contributed by atoms with van der Waals surface area (Å²) >= 11 is 0. The second-order valence-electron chi connectivity index (χ2n) is 4.85. The monoisotopic (exact) mass is 339 g/mol. The first-order valence-corrected chi connectivity index (χ1v) is 7.28. The van der Waals surface area contributed by atoms with Crippen LogP contribution in [0.1, 0.15) is 17.4 Å². The molecule has 130 valence electrons. The molecule has 0 saturated carbocycles. The minimum Gasteiger partial charge on any atom is -0.467 e. The van der Waals surface area contributed by atoms with Crippen LogP contribution in [0.5, 0.6) is 5.75 Å². The van der Waals surface area contributed by atoms with Crippen LogP contribution in [0.2, 0.25) is 0 Å². The number of benzene rings is 1. The number of nitrogens with one attached hydrogen (secondary N) is 2. The van der Waals surface area contributed by atoms with Gasteiger partial charge in [0, 0.05) is 13.6 Å². The Hall–Kier alpha value is -2.61. The van der Waals surface area contributed by atoms with Crippen molar-refractivity contribution < 1.29 is 23.0 Å². The van der Waals surface area contributed by atoms with Gasteiger partial charge < -0.3 is 24.9 Å². The summed E-state index contributed by atoms with van der Waals surface area (Å²) in [6.07, 6.45) is 0.666. The quantitative estimate of drug-likeness (QED) is 0.533. The van der Waals surface area contributed by atoms with Crippen molar-refractivity contribution in [1.82, 2.24) is 10.6 Å². The normalized spacial score (nSPS) is 13.0. The van der Waals surface area contributed by atoms with Gasteiger partial charge >= 0.3 is 6.61 Å². The van der Waals surface area contributed by atoms with Crippen LogP contribution in [0.3, 0.4) is 0 Å². The standard InChI is InChI=1S/C16H19F2N3O3/c1-19-16(20-9-13-6-3-7-23-13)21-10-14(22)11-4-2-5-12(8-11)24-15(17)18/h2-8,14-15,22H,9-10H2,1H3,(H2,19,20,21). The molecular weight excluding hydrogens is 320 g/mol. The highest BCUT2D eigenvalue weighted by atomic mass is 19.3. The summed E-state index contributed by atoms with van der Waals surface area (Å²) in [6.45, 7) is -2.31. The van der Waals surface area contributed by atoms with Gasteiger partial charge in [-0.3, -0.25) is 4.99 Å². The van der Waals surface area contributed by atoms with Crippen molar-refractivity contribution in [3.8, 4) is 5.75 Å². The van der Waals surface area contributed by atoms with Crippen molar-refractivity contribution in [3.05, 3.63) is 54.0 Å². The molecule has 0 saturated heterocycles. The van der Waals surface area contributed by atoms with Crippen LogP contribution in [0.15, 0.2) is 52.1 Å². The van der Waals surface area contributed by atoms with E-state index in [4.69, 9.17) is 4.42 Å². The molecule has 0 aliphatic heterocycles. The van der Waals surface area contributed by atoms with Gasteiger partial charge in [0.25, 0.3) is 0 Å². The number of nitrogens with zero attached hydrogens (tertiary/aromatic N) is 1. The highest BCUT2D eigenvalue weighted by Gasteiger charge is 2.11. The zero-order chi connectivity index (χ0) is 17.4. The lowest BCUT2D eigenvalue weighted by molar-refractivity contribution is -0.0499. The van der Waals surface area contributed by atoms with Crippen molar-refractivity contribution in [2.45, 2.75) is 19.3 Å². The Balaban J connectivity index is 1.85. The minimum absolute atomic E-state index is 0.00174. The van der Waals surface area contributed by atoms with E-state index in [-0.39, 0.29) is 12.3 Å². The molecule has 3 N–H and O–H groups in total. The number of rotatable bonds is 7. The van der Waals surface area contributed by atoms with Crippen molar-refractivity contribution in [3.63, 3.8) is 0 Å². The van der Waals surface area contributed by atoms with Crippen molar-refractivity contribution >= 4 is 5.96 Å². The summed E-state index contributed by atoms with van der Waals surface area (Å²) in [5.41, 5.74) is 0.460. The largest absolute Gasteiger partial charge is 0.467 e. The van der Waals surface area contributed by atoms with Crippen LogP contribution in [0.25, 0.3) is 0 Å². The van der Waals surface area contributed by atoms with E-state index >= 15 is 0 Å². The molecule has 6 nitrogen and oxygen atoms in total. The molecule has 1 aromatic heterocycles. The molecule has 0 bridgehead atoms. The average Bonchev–Trinajstić information content (AvgIpc) is 3.08. The van der Waals surface area contributed by atoms with Crippen molar-refractivity contribution in [1.29, 1.82) is 0 Å². The maximum Gasteiger partial charge on any atom is 0.387 e. The van der Waals surface area contributed by atoms with Gasteiger partial charge in [0.15, 0.2) is 5.96 Å². The maximum atomic E-state index is 12.2. The van der Waals surface area contributed by atoms with Gasteiger partial charge in [-0.1, -0.05) is 12.1 Å². The minimum atomic E-state index is -2.90. The summed E-state index contributed by atoms with van der Waals surface area (Å²) in [7, 11) is 1.60. The molecule has 1 atom stereocenters. The lowest BCUT2D eigenvalue weighted by Crippen LogP contribution is -2.38. The summed E-state index contributed by atoms with van der Waals surface area (Å²) in [6, 6.07) is 9.55. The Morgan fingerprint density at radius 2 is 2.12 bits per heavy atom. The summed E-state index contributed by atoms with van der Waals surface area (Å²) in [5, 5.41) is 16.1. The Morgan fingerprint density at radius 3 is 2.79 bits per heavy atom. The molecule has 0 fully saturated rings. The van der Waals surface area contributed by atoms with Crippen LogP contribution in [-0.2, 0) is 6.54 Å². The van der Waals surface area contributed by atoms with Crippen LogP contribution < -0.4 is 15.4 Å². The van der Waals surface area contributed by atoms with Gasteiger partial charge in [-0.05, 0) is 29.8 Å². The number of guanidine groups is 1. The lowest BCUT2D eigenvalue weighted by Gasteiger charge is -2.16. The van der Waals surface area contributed by atoms with Gasteiger partial charge in [0.1, 0.15) is 11.5 Å². The molecule has 2 rings (SSSR count). The topological polar surface area (TPSA) is 79.0 Å². The van der Waals surface area contributed by atoms with E-state index in [0.29, 0.717) is 18.1 Å². The molecule has 2 aromatic rings. The van der Waals surface area contributed by atoms with E-state index in [1.807, 2.05) is 6.07 Å². The first kappa shape index (κ1) is 17.7. The second-order valence-corrected chi connectivity index (χ2v) is 4.85. The first-order chi connectivity index (χ1) is 11.6. The molecule has 0 spiro atoms. The van der Waals surface area contributed by atoms with E-state index in [2.05, 4.69) is 20.4 Å². The number of furan rings is 1. The van der Waals surface area contributed by atoms with Gasteiger partial charge in [0.2, 0.25) is 0 Å². The number of hydrogen-bond acceptors (Lipinski definition) is 4. The zero-order valence-electron chi connectivity index (χ0n) is 13.1. The zero-order valence-corrected chi connectivity index (χ0v) is 13.1. The Labute approximate surface area is 138 Å². The van der Waals surface area contributed by atoms with Crippen molar-refractivity contribution in [2.24, 2.45) is 4.99 Å². The van der Waals surface area contributed by atoms with E-state index in [1.54, 1.807) is 31.5 Å². The van der Waals surface area contributed by atoms with E-state index in [9.17, 15) is 13.9 Å². The Kier molecular flexibility index (Phi) is 6.56. The Bertz CT molecular complexity index is 648. The number of halogens is 2. The number of aliphatic hydroxyl groups is 1. The molecule has 1 aromatic carbocycles. The summed E-state index contributed by atoms with van der Waals surface area (Å²) in [5.74, 6) is 1.22. The third-order valence-electron chi connectivity index (χ3n) is 3.16. The molecule has 0 aliphatic rings. The maximum absolute atomic E-state index is 12.2. The molecule has 1 heterocycles. The predicted molar refractivity (Wildman–Crippen MR) is 84.9 cm³/mol. The van der Waals surface area contributed by atoms with Gasteiger partial charge in [-0.15, -0.1) is 0 Å². The van der Waals surface area contributed by atoms with Crippen LogP contribution in [0, 0.1) is 0 Å². The molecule has 0 amide bonds. The molecule has 8 heteroatoms. The molecule has 24 heavy (non-hydrogen) atoms. The smallest absolute Gasteiger partial charge is 0.387 e. The number of aliphatic imine (C=N–C) groups is 1. The van der Waals surface area contributed by atoms with Crippen LogP contribution in [0.4, 0.5) is 8.78 Å². The number of aliphatic hydroxyl groups excluding tert-OH is 1. The van der Waals surface area contributed by atoms with E-state index in [1.165, 1.54) is 12.1 Å².